The normalized spacial score (nSPS) is 10.8. The van der Waals surface area contributed by atoms with Crippen molar-refractivity contribution in [2.24, 2.45) is 22.9 Å². The zero-order valence-electron chi connectivity index (χ0n) is 85.4. The van der Waals surface area contributed by atoms with Crippen LogP contribution in [0.2, 0.25) is 5.15 Å². The lowest BCUT2D eigenvalue weighted by Crippen LogP contribution is -2.38. The zero-order valence-corrected chi connectivity index (χ0v) is 86.2. The number of aromatic carboxylic acids is 1. The largest absolute Gasteiger partial charge is 0.478 e. The smallest absolute Gasteiger partial charge is 0.416 e. The summed E-state index contributed by atoms with van der Waals surface area (Å²) in [5.74, 6) is -10.6. The Kier molecular flexibility index (Phi) is 43.8. The van der Waals surface area contributed by atoms with Gasteiger partial charge in [-0.3, -0.25) is 43.6 Å². The molecule has 39 nitrogen and oxygen atoms in total. The van der Waals surface area contributed by atoms with Crippen LogP contribution in [0.1, 0.15) is 220 Å². The zero-order chi connectivity index (χ0) is 111. The Hall–Kier alpha value is -17.7. The number of benzene rings is 6. The summed E-state index contributed by atoms with van der Waals surface area (Å²) in [5.41, 5.74) is 21.6. The van der Waals surface area contributed by atoms with Crippen LogP contribution in [0, 0.1) is 51.7 Å². The molecule has 5 heterocycles. The van der Waals surface area contributed by atoms with Crippen LogP contribution in [0.3, 0.4) is 0 Å². The third kappa shape index (κ3) is 36.5. The number of carboxylic acids is 1. The standard InChI is InChI=1S/C27H30FN5O4.C22H25FN4O4.C21H21FN6O2.C21H25FN4O5.C14H17ClFN3O2/c1-5-14-33(26(36)37-27(2,3)4)24-21(28)16-20(22(29)34)23(32-24)30-19-13-9-10-17(15-19)25(35)31-18-11-7-6-8-12-18;1-6-10-27(21(29)31-22(2,3)4)19-17(23)12-15(13-24)18(26-19)25-16-9-7-8-14(11-16)20(28)30-5;22-17-12-16(18(24)29)19(28-20(17)25-10-9-23)26-15-8-4-5-13(11-15)21(30)27-14-6-2-1-3-7-14;1-5-9-26(20(30)31-21(2,3)4)18-15(22)11-14(16(23)27)17(25-18)24-13-8-6-7-12(10-13)19(28)29;1-5-6-19(13(20)21-14(2,3)4)12-10(16)7-9(8-17)11(15)18-12/h6-13,15-16H,5,14H2,1-4H3,(H2,29,34)(H,30,32)(H,31,35);7-9,11-12H,6,10H2,1-5H3,(H,25,26);1-8,11-12H,9-10,23H2,(H2,24,29)(H,27,30)(H2,25,26,28);6-8,10-11H,5,9H2,1-4H3,(H2,23,27)(H,24,25)(H,28,29);7H,5-6H2,1-4H3. The minimum atomic E-state index is -1.15. The number of anilines is 15. The van der Waals surface area contributed by atoms with Crippen LogP contribution >= 0.6 is 11.6 Å². The van der Waals surface area contributed by atoms with Gasteiger partial charge in [0.25, 0.3) is 29.5 Å². The van der Waals surface area contributed by atoms with Gasteiger partial charge < -0.3 is 88.9 Å². The average molecular weight is 2090 g/mol. The van der Waals surface area contributed by atoms with Crippen molar-refractivity contribution in [2.75, 3.05) is 103 Å². The molecule has 0 saturated heterocycles. The molecule has 11 aromatic rings. The first-order chi connectivity index (χ1) is 70.7. The van der Waals surface area contributed by atoms with Gasteiger partial charge in [0.1, 0.15) is 57.1 Å². The Labute approximate surface area is 867 Å². The molecule has 9 amide bonds. The van der Waals surface area contributed by atoms with E-state index in [-0.39, 0.29) is 147 Å². The quantitative estimate of drug-likeness (QED) is 0.00806. The molecule has 0 saturated carbocycles. The van der Waals surface area contributed by atoms with Crippen molar-refractivity contribution in [3.05, 3.63) is 272 Å². The highest BCUT2D eigenvalue weighted by atomic mass is 35.5. The summed E-state index contributed by atoms with van der Waals surface area (Å²) in [5, 5.41) is 47.1. The third-order valence-corrected chi connectivity index (χ3v) is 19.5. The van der Waals surface area contributed by atoms with Crippen molar-refractivity contribution in [2.45, 2.75) is 159 Å². The van der Waals surface area contributed by atoms with Crippen LogP contribution < -0.4 is 79.8 Å². The number of nitrogens with zero attached hydrogens (tertiary/aromatic N) is 11. The first-order valence-corrected chi connectivity index (χ1v) is 46.9. The number of amides is 9. The van der Waals surface area contributed by atoms with Crippen LogP contribution in [-0.4, -0.2) is 165 Å². The van der Waals surface area contributed by atoms with E-state index in [1.807, 2.05) is 51.1 Å². The molecule has 16 N–H and O–H groups in total. The topological polar surface area (TPSA) is 567 Å². The fraction of sp³-hybridized carbons (Fsp3) is 0.295. The maximum absolute atomic E-state index is 15.1. The molecule has 0 bridgehead atoms. The maximum atomic E-state index is 15.1. The third-order valence-electron chi connectivity index (χ3n) is 19.3. The average Bonchev–Trinajstić information content (AvgIpc) is 0.791. The van der Waals surface area contributed by atoms with Gasteiger partial charge in [0, 0.05) is 84.5 Å². The molecule has 150 heavy (non-hydrogen) atoms. The summed E-state index contributed by atoms with van der Waals surface area (Å²) in [6.07, 6.45) is -0.937. The number of primary amides is 3. The minimum absolute atomic E-state index is 0.00525. The fourth-order valence-corrected chi connectivity index (χ4v) is 13.1. The first-order valence-electron chi connectivity index (χ1n) is 46.5. The van der Waals surface area contributed by atoms with Gasteiger partial charge in [0.2, 0.25) is 0 Å². The number of hydrogen-bond donors (Lipinski definition) is 12. The van der Waals surface area contributed by atoms with Crippen molar-refractivity contribution in [1.29, 1.82) is 10.5 Å². The SMILES string of the molecule is CCCN(C(=O)OC(C)(C)C)c1nc(Cl)c(C#N)cc1F.CCCN(C(=O)OC(C)(C)C)c1nc(Nc2cccc(C(=O)Nc3ccccc3)c2)c(C(N)=O)cc1F.CCCN(C(=O)OC(C)(C)C)c1nc(Nc2cccc(C(=O)O)c2)c(C(N)=O)cc1F.CCCN(C(=O)OC(C)(C)C)c1nc(Nc2cccc(C(=O)OC)c2)c(C#N)cc1F.NCCNc1nc(Nc2cccc(C(=O)Nc3ccccc3)c2)c(C(N)=O)cc1F. The molecule has 6 aromatic carbocycles. The van der Waals surface area contributed by atoms with Crippen molar-refractivity contribution >= 4 is 164 Å². The number of carboxylic acid groups (broad SMARTS) is 1. The number of carbonyl (C=O) groups excluding carboxylic acids is 10. The first kappa shape index (κ1) is 119. The van der Waals surface area contributed by atoms with Crippen LogP contribution in [0.15, 0.2) is 188 Å². The Bertz CT molecular complexity index is 6780. The number of halogens is 6. The van der Waals surface area contributed by atoms with Crippen LogP contribution in [-0.2, 0) is 23.7 Å². The summed E-state index contributed by atoms with van der Waals surface area (Å²) in [7, 11) is 1.27. The predicted molar refractivity (Wildman–Crippen MR) is 560 cm³/mol. The van der Waals surface area contributed by atoms with E-state index in [1.165, 1.54) is 31.4 Å². The number of esters is 1. The molecule has 0 unspecified atom stereocenters. The second kappa shape index (κ2) is 55.0. The Morgan fingerprint density at radius 2 is 0.660 bits per heavy atom. The molecule has 11 rings (SSSR count). The van der Waals surface area contributed by atoms with Gasteiger partial charge >= 0.3 is 36.3 Å². The molecule has 5 aromatic heterocycles. The summed E-state index contributed by atoms with van der Waals surface area (Å²) in [6, 6.07) is 51.5. The number of aromatic nitrogens is 5. The number of nitrogens with one attached hydrogen (secondary N) is 7. The van der Waals surface area contributed by atoms with Crippen LogP contribution in [0.4, 0.5) is 128 Å². The number of nitrogens with two attached hydrogens (primary N) is 4. The molecule has 45 heteroatoms. The van der Waals surface area contributed by atoms with Gasteiger partial charge in [-0.25, -0.2) is 75.6 Å². The number of nitriles is 2. The molecular weight excluding hydrogens is 1970 g/mol. The fourth-order valence-electron chi connectivity index (χ4n) is 12.9. The number of rotatable bonds is 32. The van der Waals surface area contributed by atoms with Crippen molar-refractivity contribution < 1.29 is 103 Å². The highest BCUT2D eigenvalue weighted by Gasteiger charge is 2.34. The predicted octanol–water partition coefficient (Wildman–Crippen LogP) is 20.7. The van der Waals surface area contributed by atoms with E-state index in [0.29, 0.717) is 71.8 Å². The highest BCUT2D eigenvalue weighted by molar-refractivity contribution is 6.30. The van der Waals surface area contributed by atoms with E-state index in [1.54, 1.807) is 205 Å². The second-order valence-corrected chi connectivity index (χ2v) is 36.6. The number of ether oxygens (including phenoxy) is 5. The van der Waals surface area contributed by atoms with Crippen LogP contribution in [0.5, 0.6) is 0 Å². The Morgan fingerprint density at radius 1 is 0.373 bits per heavy atom. The highest BCUT2D eigenvalue weighted by Crippen LogP contribution is 2.35. The summed E-state index contributed by atoms with van der Waals surface area (Å²) in [4.78, 5) is 159. The summed E-state index contributed by atoms with van der Waals surface area (Å²) >= 11 is 5.80. The monoisotopic (exact) mass is 2090 g/mol. The molecule has 0 radical (unpaired) electrons. The lowest BCUT2D eigenvalue weighted by molar-refractivity contribution is 0.0567. The van der Waals surface area contributed by atoms with E-state index in [2.05, 4.69) is 62.1 Å². The summed E-state index contributed by atoms with van der Waals surface area (Å²) in [6.45, 7) is 28.9. The number of para-hydroxylation sites is 2. The van der Waals surface area contributed by atoms with Crippen molar-refractivity contribution in [3.8, 4) is 12.1 Å². The van der Waals surface area contributed by atoms with Crippen molar-refractivity contribution in [1.82, 2.24) is 24.9 Å². The summed E-state index contributed by atoms with van der Waals surface area (Å²) < 4.78 is 99.0. The van der Waals surface area contributed by atoms with Crippen LogP contribution in [0.25, 0.3) is 0 Å². The number of hydrogen-bond acceptors (Lipinski definition) is 29. The Balaban J connectivity index is 0.000000256. The van der Waals surface area contributed by atoms with Crippen molar-refractivity contribution in [3.63, 3.8) is 0 Å². The van der Waals surface area contributed by atoms with Gasteiger partial charge in [0.15, 0.2) is 64.0 Å². The Morgan fingerprint density at radius 3 is 0.980 bits per heavy atom. The molecule has 0 aliphatic heterocycles. The number of pyridine rings is 5. The molecular formula is C105H118ClF5N22O17. The maximum Gasteiger partial charge on any atom is 0.416 e. The minimum Gasteiger partial charge on any atom is -0.478 e. The van der Waals surface area contributed by atoms with Gasteiger partial charge in [-0.1, -0.05) is 100.0 Å². The van der Waals surface area contributed by atoms with E-state index in [9.17, 15) is 75.6 Å². The molecule has 0 atom stereocenters. The van der Waals surface area contributed by atoms with Gasteiger partial charge in [-0.05, 0) is 236 Å². The lowest BCUT2D eigenvalue weighted by Gasteiger charge is -2.27. The molecule has 0 fully saturated rings. The van der Waals surface area contributed by atoms with E-state index in [4.69, 9.17) is 68.6 Å². The lowest BCUT2D eigenvalue weighted by atomic mass is 10.1. The molecule has 0 spiro atoms. The number of carbonyl (C=O) groups is 11. The van der Waals surface area contributed by atoms with Gasteiger partial charge in [-0.15, -0.1) is 0 Å². The van der Waals surface area contributed by atoms with Gasteiger partial charge in [-0.2, -0.15) is 10.5 Å². The second-order valence-electron chi connectivity index (χ2n) is 36.2. The molecule has 0 aliphatic rings. The van der Waals surface area contributed by atoms with E-state index >= 15 is 4.39 Å². The van der Waals surface area contributed by atoms with Gasteiger partial charge in [0.05, 0.1) is 46.1 Å². The molecule has 792 valence electrons. The van der Waals surface area contributed by atoms with E-state index < -0.39 is 106 Å². The molecule has 0 aliphatic carbocycles. The number of methoxy groups -OCH3 is 1. The van der Waals surface area contributed by atoms with E-state index in [0.717, 1.165) is 49.9 Å².